The predicted molar refractivity (Wildman–Crippen MR) is 114 cm³/mol. The molecule has 1 aliphatic rings. The molecule has 2 aromatic heterocycles. The van der Waals surface area contributed by atoms with Crippen LogP contribution in [0.2, 0.25) is 5.02 Å². The number of amides is 1. The van der Waals surface area contributed by atoms with Crippen molar-refractivity contribution in [3.63, 3.8) is 0 Å². The van der Waals surface area contributed by atoms with Crippen LogP contribution in [-0.4, -0.2) is 34.3 Å². The van der Waals surface area contributed by atoms with Crippen molar-refractivity contribution in [2.45, 2.75) is 12.6 Å². The summed E-state index contributed by atoms with van der Waals surface area (Å²) in [5.74, 6) is -1.56. The van der Waals surface area contributed by atoms with Gasteiger partial charge in [-0.1, -0.05) is 29.0 Å². The maximum absolute atomic E-state index is 14.9. The monoisotopic (exact) mass is 448 g/mol. The average Bonchev–Trinajstić information content (AvgIpc) is 3.11. The van der Waals surface area contributed by atoms with E-state index in [1.807, 2.05) is 6.07 Å². The van der Waals surface area contributed by atoms with E-state index in [1.54, 1.807) is 25.4 Å². The Hall–Kier alpha value is -2.82. The van der Waals surface area contributed by atoms with Crippen LogP contribution < -0.4 is 16.2 Å². The summed E-state index contributed by atoms with van der Waals surface area (Å²) >= 11 is 7.66. The van der Waals surface area contributed by atoms with E-state index in [1.165, 1.54) is 11.3 Å². The summed E-state index contributed by atoms with van der Waals surface area (Å²) in [5.41, 5.74) is 7.93. The lowest BCUT2D eigenvalue weighted by Crippen LogP contribution is -2.16. The minimum atomic E-state index is -1.07. The van der Waals surface area contributed by atoms with E-state index in [9.17, 15) is 13.6 Å². The molecule has 5 rings (SSSR count). The van der Waals surface area contributed by atoms with E-state index in [-0.39, 0.29) is 23.0 Å². The number of rotatable bonds is 5. The van der Waals surface area contributed by atoms with E-state index in [0.717, 1.165) is 4.70 Å². The van der Waals surface area contributed by atoms with Gasteiger partial charge in [-0.05, 0) is 24.1 Å². The molecular formula is C19H15ClF2N6OS. The molecule has 2 aromatic carbocycles. The fraction of sp³-hybridized carbons (Fsp3) is 0.211. The van der Waals surface area contributed by atoms with Gasteiger partial charge < -0.3 is 10.7 Å². The minimum absolute atomic E-state index is 0.0400. The summed E-state index contributed by atoms with van der Waals surface area (Å²) < 4.78 is 28.8. The highest BCUT2D eigenvalue weighted by Gasteiger charge is 2.43. The number of aromatic nitrogens is 3. The maximum Gasteiger partial charge on any atom is 0.232 e. The second kappa shape index (κ2) is 7.15. The van der Waals surface area contributed by atoms with Crippen molar-refractivity contribution in [2.24, 2.45) is 5.92 Å². The molecule has 0 unspecified atom stereocenters. The zero-order valence-corrected chi connectivity index (χ0v) is 17.1. The van der Waals surface area contributed by atoms with Gasteiger partial charge in [-0.3, -0.25) is 9.89 Å². The van der Waals surface area contributed by atoms with Gasteiger partial charge in [0, 0.05) is 18.0 Å². The van der Waals surface area contributed by atoms with Crippen LogP contribution in [-0.2, 0) is 4.79 Å². The van der Waals surface area contributed by atoms with Crippen molar-refractivity contribution in [3.8, 4) is 11.1 Å². The number of carbonyl (C=O) groups excluding carboxylic acids is 1. The summed E-state index contributed by atoms with van der Waals surface area (Å²) in [6.45, 7) is 0. The number of halogens is 3. The zero-order chi connectivity index (χ0) is 21.0. The number of hydrazine groups is 1. The topological polar surface area (TPSA) is 94.7 Å². The molecule has 30 heavy (non-hydrogen) atoms. The molecule has 1 aliphatic carbocycles. The molecule has 4 N–H and O–H groups in total. The fourth-order valence-corrected chi connectivity index (χ4v) is 4.62. The molecule has 2 heterocycles. The van der Waals surface area contributed by atoms with Gasteiger partial charge in [-0.2, -0.15) is 5.10 Å². The number of nitrogens with one attached hydrogen (secondary N) is 4. The van der Waals surface area contributed by atoms with Crippen molar-refractivity contribution >= 4 is 60.8 Å². The normalized spacial score (nSPS) is 18.1. The molecule has 0 bridgehead atoms. The number of alkyl halides is 1. The third kappa shape index (κ3) is 3.08. The van der Waals surface area contributed by atoms with Gasteiger partial charge in [-0.15, -0.1) is 0 Å². The lowest BCUT2D eigenvalue weighted by atomic mass is 10.0. The van der Waals surface area contributed by atoms with Crippen molar-refractivity contribution in [3.05, 3.63) is 35.2 Å². The Morgan fingerprint density at radius 2 is 2.20 bits per heavy atom. The molecule has 0 spiro atoms. The lowest BCUT2D eigenvalue weighted by molar-refractivity contribution is -0.117. The molecule has 7 nitrogen and oxygen atoms in total. The molecule has 1 amide bonds. The molecule has 0 radical (unpaired) electrons. The molecule has 4 aromatic rings. The van der Waals surface area contributed by atoms with Gasteiger partial charge in [0.1, 0.15) is 11.9 Å². The second-order valence-corrected chi connectivity index (χ2v) is 8.37. The number of carbonyl (C=O) groups is 1. The zero-order valence-electron chi connectivity index (χ0n) is 15.5. The lowest BCUT2D eigenvalue weighted by Gasteiger charge is -2.13. The van der Waals surface area contributed by atoms with Crippen molar-refractivity contribution < 1.29 is 13.6 Å². The molecule has 11 heteroatoms. The van der Waals surface area contributed by atoms with Crippen LogP contribution in [0, 0.1) is 11.7 Å². The third-order valence-electron chi connectivity index (χ3n) is 5.00. The van der Waals surface area contributed by atoms with E-state index in [4.69, 9.17) is 11.6 Å². The summed E-state index contributed by atoms with van der Waals surface area (Å²) in [6.07, 6.45) is 0.771. The molecule has 1 fully saturated rings. The van der Waals surface area contributed by atoms with E-state index in [2.05, 4.69) is 31.3 Å². The smallest absolute Gasteiger partial charge is 0.232 e. The number of benzene rings is 2. The van der Waals surface area contributed by atoms with Gasteiger partial charge in [-0.25, -0.2) is 19.2 Å². The van der Waals surface area contributed by atoms with Crippen LogP contribution in [0.3, 0.4) is 0 Å². The Labute approximate surface area is 177 Å². The van der Waals surface area contributed by atoms with Gasteiger partial charge >= 0.3 is 0 Å². The highest BCUT2D eigenvalue weighted by molar-refractivity contribution is 7.22. The standard InChI is InChI=1S/C19H15ClF2N6OS/c1-23-27-17-15(22)14(20)13(9-6-24-28-16(9)17)7-2-3-11-12(4-7)30-19(25-11)26-18(29)8-5-10(8)21/h2-4,6,8,10,23,27H,5H2,1H3,(H,24,28)(H,25,26,29)/t8-,10+/m1/s1. The first kappa shape index (κ1) is 19.2. The summed E-state index contributed by atoms with van der Waals surface area (Å²) in [4.78, 5) is 16.3. The van der Waals surface area contributed by atoms with Crippen LogP contribution in [0.4, 0.5) is 19.6 Å². The van der Waals surface area contributed by atoms with Gasteiger partial charge in [0.15, 0.2) is 10.9 Å². The predicted octanol–water partition coefficient (Wildman–Crippen LogP) is 4.47. The van der Waals surface area contributed by atoms with Crippen LogP contribution in [0.15, 0.2) is 24.4 Å². The number of nitrogens with zero attached hydrogens (tertiary/aromatic N) is 2. The number of thiazole rings is 1. The van der Waals surface area contributed by atoms with Crippen LogP contribution in [0.5, 0.6) is 0 Å². The molecular weight excluding hydrogens is 434 g/mol. The summed E-state index contributed by atoms with van der Waals surface area (Å²) in [7, 11) is 1.62. The van der Waals surface area contributed by atoms with Crippen LogP contribution in [0.25, 0.3) is 32.2 Å². The number of fused-ring (bicyclic) bond motifs is 2. The number of H-pyrrole nitrogens is 1. The summed E-state index contributed by atoms with van der Waals surface area (Å²) in [5, 5.41) is 10.5. The minimum Gasteiger partial charge on any atom is -0.317 e. The highest BCUT2D eigenvalue weighted by atomic mass is 35.5. The van der Waals surface area contributed by atoms with Crippen LogP contribution in [0.1, 0.15) is 6.42 Å². The molecule has 0 saturated heterocycles. The van der Waals surface area contributed by atoms with Gasteiger partial charge in [0.2, 0.25) is 5.91 Å². The number of aromatic amines is 1. The molecule has 0 aliphatic heterocycles. The maximum atomic E-state index is 14.9. The van der Waals surface area contributed by atoms with Crippen LogP contribution >= 0.6 is 22.9 Å². The van der Waals surface area contributed by atoms with Crippen molar-refractivity contribution in [2.75, 3.05) is 17.8 Å². The first-order chi connectivity index (χ1) is 14.5. The Kier molecular flexibility index (Phi) is 4.57. The van der Waals surface area contributed by atoms with Crippen molar-refractivity contribution in [1.29, 1.82) is 0 Å². The third-order valence-corrected chi connectivity index (χ3v) is 6.29. The van der Waals surface area contributed by atoms with Crippen molar-refractivity contribution in [1.82, 2.24) is 20.6 Å². The Bertz CT molecular complexity index is 1310. The largest absolute Gasteiger partial charge is 0.317 e. The quantitative estimate of drug-likeness (QED) is 0.338. The van der Waals surface area contributed by atoms with E-state index < -0.39 is 17.9 Å². The Morgan fingerprint density at radius 3 is 2.93 bits per heavy atom. The average molecular weight is 449 g/mol. The first-order valence-corrected chi connectivity index (χ1v) is 10.3. The second-order valence-electron chi connectivity index (χ2n) is 6.96. The fourth-order valence-electron chi connectivity index (χ4n) is 3.41. The van der Waals surface area contributed by atoms with E-state index in [0.29, 0.717) is 32.7 Å². The number of anilines is 2. The van der Waals surface area contributed by atoms with E-state index >= 15 is 0 Å². The first-order valence-electron chi connectivity index (χ1n) is 9.10. The highest BCUT2D eigenvalue weighted by Crippen LogP contribution is 2.42. The molecule has 1 saturated carbocycles. The SMILES string of the molecule is CNNc1c(F)c(Cl)c(-c2ccc3nc(NC(=O)[C@@H]4C[C@@H]4F)sc3c2)c2cn[nH]c12. The van der Waals surface area contributed by atoms with Gasteiger partial charge in [0.25, 0.3) is 0 Å². The molecule has 154 valence electrons. The number of hydrogen-bond acceptors (Lipinski definition) is 6. The van der Waals surface area contributed by atoms with Gasteiger partial charge in [0.05, 0.1) is 32.9 Å². The number of hydrogen-bond donors (Lipinski definition) is 4. The Balaban J connectivity index is 1.57. The summed E-state index contributed by atoms with van der Waals surface area (Å²) in [6, 6.07) is 5.38. The molecule has 2 atom stereocenters. The Morgan fingerprint density at radius 1 is 1.40 bits per heavy atom.